The van der Waals surface area contributed by atoms with Gasteiger partial charge in [0.25, 0.3) is 11.8 Å². The fraction of sp³-hybridized carbons (Fsp3) is 0.200. The molecule has 1 aliphatic rings. The van der Waals surface area contributed by atoms with Crippen molar-refractivity contribution in [2.45, 2.75) is 13.1 Å². The van der Waals surface area contributed by atoms with E-state index in [2.05, 4.69) is 0 Å². The minimum absolute atomic E-state index is 0.121. The number of hydrogen-bond acceptors (Lipinski definition) is 4. The van der Waals surface area contributed by atoms with Gasteiger partial charge in [-0.1, -0.05) is 31.2 Å². The average Bonchev–Trinajstić information content (AvgIpc) is 2.91. The number of carbonyl (C=O) groups excluding carboxylic acids is 2. The Bertz CT molecular complexity index is 969. The molecule has 1 heterocycles. The summed E-state index contributed by atoms with van der Waals surface area (Å²) >= 11 is 1.17. The molecule has 28 heavy (non-hydrogen) atoms. The van der Waals surface area contributed by atoms with E-state index in [-0.39, 0.29) is 16.2 Å². The Kier molecular flexibility index (Phi) is 5.51. The van der Waals surface area contributed by atoms with Crippen molar-refractivity contribution in [1.82, 2.24) is 0 Å². The first-order valence-corrected chi connectivity index (χ1v) is 9.34. The van der Waals surface area contributed by atoms with Crippen molar-refractivity contribution in [2.24, 2.45) is 0 Å². The van der Waals surface area contributed by atoms with E-state index in [4.69, 9.17) is 4.74 Å². The van der Waals surface area contributed by atoms with Gasteiger partial charge in [-0.25, -0.2) is 4.90 Å². The Labute approximate surface area is 164 Å². The maximum absolute atomic E-state index is 13.1. The van der Waals surface area contributed by atoms with Crippen LogP contribution in [0.2, 0.25) is 0 Å². The number of nitrogens with zero attached hydrogens (tertiary/aromatic N) is 1. The number of alkyl halides is 3. The highest BCUT2D eigenvalue weighted by Gasteiger charge is 2.41. The molecule has 0 unspecified atom stereocenters. The largest absolute Gasteiger partial charge is 0.496 e. The van der Waals surface area contributed by atoms with E-state index in [0.29, 0.717) is 17.1 Å². The molecule has 2 aromatic rings. The first-order valence-electron chi connectivity index (χ1n) is 8.36. The van der Waals surface area contributed by atoms with Crippen molar-refractivity contribution in [3.63, 3.8) is 0 Å². The number of halogens is 3. The van der Waals surface area contributed by atoms with E-state index < -0.39 is 23.6 Å². The van der Waals surface area contributed by atoms with E-state index >= 15 is 0 Å². The highest BCUT2D eigenvalue weighted by atomic mass is 32.2. The zero-order valence-corrected chi connectivity index (χ0v) is 15.9. The molecule has 4 nitrogen and oxygen atoms in total. The quantitative estimate of drug-likeness (QED) is 0.671. The second-order valence-corrected chi connectivity index (χ2v) is 7.11. The van der Waals surface area contributed by atoms with Gasteiger partial charge >= 0.3 is 6.18 Å². The Morgan fingerprint density at radius 2 is 1.75 bits per heavy atom. The number of carbonyl (C=O) groups is 2. The van der Waals surface area contributed by atoms with Crippen LogP contribution in [-0.2, 0) is 15.8 Å². The Balaban J connectivity index is 2.12. The molecular formula is C20H16F3NO3S. The number of para-hydroxylation sites is 1. The van der Waals surface area contributed by atoms with Gasteiger partial charge in [-0.05, 0) is 30.0 Å². The van der Waals surface area contributed by atoms with Crippen LogP contribution < -0.4 is 9.64 Å². The van der Waals surface area contributed by atoms with Crippen LogP contribution >= 0.6 is 11.8 Å². The van der Waals surface area contributed by atoms with Gasteiger partial charge in [0.15, 0.2) is 0 Å². The molecule has 0 saturated heterocycles. The number of methoxy groups -OCH3 is 1. The highest BCUT2D eigenvalue weighted by molar-refractivity contribution is 8.04. The topological polar surface area (TPSA) is 46.6 Å². The van der Waals surface area contributed by atoms with Crippen LogP contribution in [0.25, 0.3) is 5.57 Å². The number of anilines is 1. The number of thioether (sulfide) groups is 1. The molecule has 0 bridgehead atoms. The van der Waals surface area contributed by atoms with Crippen molar-refractivity contribution < 1.29 is 27.5 Å². The maximum Gasteiger partial charge on any atom is 0.416 e. The third-order valence-electron chi connectivity index (χ3n) is 4.14. The average molecular weight is 407 g/mol. The first kappa shape index (κ1) is 20.0. The van der Waals surface area contributed by atoms with Gasteiger partial charge in [-0.2, -0.15) is 13.2 Å². The summed E-state index contributed by atoms with van der Waals surface area (Å²) in [5.41, 5.74) is -0.495. The van der Waals surface area contributed by atoms with E-state index in [0.717, 1.165) is 17.0 Å². The number of amides is 2. The van der Waals surface area contributed by atoms with Gasteiger partial charge in [0, 0.05) is 5.56 Å². The minimum atomic E-state index is -4.58. The van der Waals surface area contributed by atoms with Crippen molar-refractivity contribution in [3.05, 3.63) is 64.6 Å². The number of benzene rings is 2. The van der Waals surface area contributed by atoms with Gasteiger partial charge < -0.3 is 4.74 Å². The molecule has 0 aromatic heterocycles. The van der Waals surface area contributed by atoms with Crippen LogP contribution in [0, 0.1) is 0 Å². The van der Waals surface area contributed by atoms with Gasteiger partial charge in [0.05, 0.1) is 28.8 Å². The number of hydrogen-bond donors (Lipinski definition) is 0. The molecule has 2 aromatic carbocycles. The SMILES string of the molecule is CCSC1=C(c2ccccc2OC)C(=O)N(c2cccc(C(F)(F)F)c2)C1=O. The van der Waals surface area contributed by atoms with Crippen LogP contribution in [-0.4, -0.2) is 24.7 Å². The van der Waals surface area contributed by atoms with Crippen LogP contribution in [0.4, 0.5) is 18.9 Å². The lowest BCUT2D eigenvalue weighted by Crippen LogP contribution is -2.31. The second-order valence-electron chi connectivity index (χ2n) is 5.83. The number of imide groups is 1. The molecular weight excluding hydrogens is 391 g/mol. The monoisotopic (exact) mass is 407 g/mol. The van der Waals surface area contributed by atoms with Crippen LogP contribution in [0.3, 0.4) is 0 Å². The lowest BCUT2D eigenvalue weighted by Gasteiger charge is -2.17. The fourth-order valence-corrected chi connectivity index (χ4v) is 3.78. The molecule has 3 rings (SSSR count). The smallest absolute Gasteiger partial charge is 0.416 e. The minimum Gasteiger partial charge on any atom is -0.496 e. The molecule has 8 heteroatoms. The number of ether oxygens (including phenoxy) is 1. The summed E-state index contributed by atoms with van der Waals surface area (Å²) in [5.74, 6) is -0.399. The van der Waals surface area contributed by atoms with Gasteiger partial charge in [0.2, 0.25) is 0 Å². The summed E-state index contributed by atoms with van der Waals surface area (Å²) in [4.78, 5) is 27.1. The normalized spacial score (nSPS) is 14.8. The Morgan fingerprint density at radius 3 is 2.39 bits per heavy atom. The molecule has 0 atom stereocenters. The lowest BCUT2D eigenvalue weighted by molar-refractivity contribution is -0.137. The molecule has 0 radical (unpaired) electrons. The van der Waals surface area contributed by atoms with Crippen LogP contribution in [0.5, 0.6) is 5.75 Å². The van der Waals surface area contributed by atoms with Gasteiger partial charge in [-0.3, -0.25) is 9.59 Å². The summed E-state index contributed by atoms with van der Waals surface area (Å²) in [5, 5.41) is 0. The first-order chi connectivity index (χ1) is 13.3. The molecule has 0 saturated carbocycles. The standard InChI is InChI=1S/C20H16F3NO3S/c1-3-28-17-16(14-9-4-5-10-15(14)27-2)18(25)24(19(17)26)13-8-6-7-12(11-13)20(21,22)23/h4-11H,3H2,1-2H3. The molecule has 146 valence electrons. The molecule has 0 aliphatic carbocycles. The van der Waals surface area contributed by atoms with Crippen molar-refractivity contribution in [3.8, 4) is 5.75 Å². The Morgan fingerprint density at radius 1 is 1.04 bits per heavy atom. The summed E-state index contributed by atoms with van der Waals surface area (Å²) in [6, 6.07) is 10.9. The summed E-state index contributed by atoms with van der Waals surface area (Å²) in [6.07, 6.45) is -4.58. The van der Waals surface area contributed by atoms with E-state index in [1.807, 2.05) is 6.92 Å². The molecule has 0 fully saturated rings. The molecule has 0 spiro atoms. The zero-order valence-electron chi connectivity index (χ0n) is 15.0. The zero-order chi connectivity index (χ0) is 20.5. The summed E-state index contributed by atoms with van der Waals surface area (Å²) in [6.45, 7) is 1.82. The summed E-state index contributed by atoms with van der Waals surface area (Å²) in [7, 11) is 1.44. The molecule has 2 amide bonds. The van der Waals surface area contributed by atoms with Gasteiger partial charge in [0.1, 0.15) is 5.75 Å². The fourth-order valence-electron chi connectivity index (χ4n) is 2.93. The van der Waals surface area contributed by atoms with Crippen molar-refractivity contribution in [1.29, 1.82) is 0 Å². The van der Waals surface area contributed by atoms with E-state index in [1.54, 1.807) is 24.3 Å². The molecule has 1 aliphatic heterocycles. The highest BCUT2D eigenvalue weighted by Crippen LogP contribution is 2.42. The predicted octanol–water partition coefficient (Wildman–Crippen LogP) is 4.75. The Hall–Kier alpha value is -2.74. The molecule has 0 N–H and O–H groups in total. The van der Waals surface area contributed by atoms with Crippen LogP contribution in [0.15, 0.2) is 53.4 Å². The second kappa shape index (κ2) is 7.71. The van der Waals surface area contributed by atoms with Crippen molar-refractivity contribution >= 4 is 34.8 Å². The van der Waals surface area contributed by atoms with Crippen molar-refractivity contribution in [2.75, 3.05) is 17.8 Å². The van der Waals surface area contributed by atoms with Crippen LogP contribution in [0.1, 0.15) is 18.1 Å². The predicted molar refractivity (Wildman–Crippen MR) is 102 cm³/mol. The third kappa shape index (κ3) is 3.52. The number of rotatable bonds is 5. The van der Waals surface area contributed by atoms with E-state index in [9.17, 15) is 22.8 Å². The lowest BCUT2D eigenvalue weighted by atomic mass is 10.0. The summed E-state index contributed by atoms with van der Waals surface area (Å²) < 4.78 is 44.5. The van der Waals surface area contributed by atoms with E-state index in [1.165, 1.54) is 31.0 Å². The van der Waals surface area contributed by atoms with Gasteiger partial charge in [-0.15, -0.1) is 11.8 Å². The third-order valence-corrected chi connectivity index (χ3v) is 5.09. The maximum atomic E-state index is 13.1.